The van der Waals surface area contributed by atoms with E-state index in [0.29, 0.717) is 0 Å². The Balaban J connectivity index is 1.64. The zero-order valence-corrected chi connectivity index (χ0v) is 13.9. The first-order chi connectivity index (χ1) is 11.1. The van der Waals surface area contributed by atoms with Crippen molar-refractivity contribution >= 4 is 22.5 Å². The van der Waals surface area contributed by atoms with Crippen molar-refractivity contribution in [2.75, 3.05) is 24.7 Å². The third-order valence-corrected chi connectivity index (χ3v) is 5.08. The van der Waals surface area contributed by atoms with Crippen molar-refractivity contribution in [1.29, 1.82) is 0 Å². The number of hydrogen-bond acceptors (Lipinski definition) is 2. The van der Waals surface area contributed by atoms with Gasteiger partial charge in [0.25, 0.3) is 0 Å². The third-order valence-electron chi connectivity index (χ3n) is 4.15. The quantitative estimate of drug-likeness (QED) is 0.921. The number of nitrogens with one attached hydrogen (secondary N) is 1. The van der Waals surface area contributed by atoms with E-state index in [1.54, 1.807) is 30.5 Å². The van der Waals surface area contributed by atoms with E-state index in [2.05, 4.69) is 17.4 Å². The van der Waals surface area contributed by atoms with Crippen LogP contribution < -0.4 is 5.32 Å². The molecule has 120 valence electrons. The van der Waals surface area contributed by atoms with E-state index in [9.17, 15) is 9.00 Å². The van der Waals surface area contributed by atoms with Gasteiger partial charge in [-0.25, -0.2) is 4.79 Å². The Hall–Kier alpha value is -2.14. The standard InChI is InChI=1S/C18H20N2O2S/c1-23(22)17-8-6-16(7-9-17)19-18(21)20-12-10-14-4-2-3-5-15(14)11-13-20/h2-9H,10-13H2,1H3,(H,19,21)/t23-/m1/s1. The summed E-state index contributed by atoms with van der Waals surface area (Å²) < 4.78 is 11.4. The van der Waals surface area contributed by atoms with Crippen LogP contribution in [0.15, 0.2) is 53.4 Å². The smallest absolute Gasteiger partial charge is 0.321 e. The summed E-state index contributed by atoms with van der Waals surface area (Å²) in [5.41, 5.74) is 3.39. The summed E-state index contributed by atoms with van der Waals surface area (Å²) in [4.78, 5) is 15.1. The van der Waals surface area contributed by atoms with Gasteiger partial charge in [0.1, 0.15) is 0 Å². The zero-order chi connectivity index (χ0) is 16.2. The van der Waals surface area contributed by atoms with Crippen LogP contribution in [0.5, 0.6) is 0 Å². The van der Waals surface area contributed by atoms with E-state index in [1.807, 2.05) is 17.0 Å². The maximum atomic E-state index is 12.4. The minimum Gasteiger partial charge on any atom is -0.324 e. The number of fused-ring (bicyclic) bond motifs is 1. The molecule has 4 nitrogen and oxygen atoms in total. The van der Waals surface area contributed by atoms with E-state index in [-0.39, 0.29) is 6.03 Å². The van der Waals surface area contributed by atoms with Crippen molar-refractivity contribution in [2.24, 2.45) is 0 Å². The summed E-state index contributed by atoms with van der Waals surface area (Å²) in [6.07, 6.45) is 3.41. The molecule has 2 amide bonds. The van der Waals surface area contributed by atoms with Crippen molar-refractivity contribution < 1.29 is 9.00 Å². The monoisotopic (exact) mass is 328 g/mol. The highest BCUT2D eigenvalue weighted by molar-refractivity contribution is 7.84. The summed E-state index contributed by atoms with van der Waals surface area (Å²) in [5, 5.41) is 2.92. The second kappa shape index (κ2) is 6.96. The molecule has 1 N–H and O–H groups in total. The number of amides is 2. The first kappa shape index (κ1) is 15.7. The number of hydrogen-bond donors (Lipinski definition) is 1. The topological polar surface area (TPSA) is 49.4 Å². The molecule has 0 fully saturated rings. The average Bonchev–Trinajstić information content (AvgIpc) is 2.78. The molecule has 1 aliphatic rings. The summed E-state index contributed by atoms with van der Waals surface area (Å²) in [5.74, 6) is 0. The first-order valence-electron chi connectivity index (χ1n) is 7.70. The number of urea groups is 1. The van der Waals surface area contributed by atoms with E-state index in [4.69, 9.17) is 0 Å². The Morgan fingerprint density at radius 1 is 1.00 bits per heavy atom. The molecule has 2 aromatic carbocycles. The number of carbonyl (C=O) groups is 1. The van der Waals surface area contributed by atoms with Gasteiger partial charge in [-0.2, -0.15) is 0 Å². The van der Waals surface area contributed by atoms with Gasteiger partial charge in [-0.1, -0.05) is 24.3 Å². The van der Waals surface area contributed by atoms with Crippen molar-refractivity contribution in [3.05, 3.63) is 59.7 Å². The van der Waals surface area contributed by atoms with Gasteiger partial charge in [-0.05, 0) is 48.2 Å². The van der Waals surface area contributed by atoms with Crippen LogP contribution in [0.1, 0.15) is 11.1 Å². The fraction of sp³-hybridized carbons (Fsp3) is 0.278. The summed E-state index contributed by atoms with van der Waals surface area (Å²) in [7, 11) is -1.00. The van der Waals surface area contributed by atoms with Crippen LogP contribution in [0.2, 0.25) is 0 Å². The molecule has 0 aliphatic carbocycles. The lowest BCUT2D eigenvalue weighted by Crippen LogP contribution is -2.36. The fourth-order valence-electron chi connectivity index (χ4n) is 2.80. The van der Waals surface area contributed by atoms with Gasteiger partial charge >= 0.3 is 6.03 Å². The zero-order valence-electron chi connectivity index (χ0n) is 13.1. The summed E-state index contributed by atoms with van der Waals surface area (Å²) in [6, 6.07) is 15.4. The number of nitrogens with zero attached hydrogens (tertiary/aromatic N) is 1. The largest absolute Gasteiger partial charge is 0.324 e. The molecule has 3 rings (SSSR count). The van der Waals surface area contributed by atoms with Crippen LogP contribution in [0.4, 0.5) is 10.5 Å². The Labute approximate surface area is 139 Å². The molecule has 23 heavy (non-hydrogen) atoms. The molecule has 0 spiro atoms. The van der Waals surface area contributed by atoms with Gasteiger partial charge in [-0.15, -0.1) is 0 Å². The molecule has 5 heteroatoms. The second-order valence-corrected chi connectivity index (χ2v) is 7.04. The molecule has 0 unspecified atom stereocenters. The van der Waals surface area contributed by atoms with Crippen molar-refractivity contribution in [3.8, 4) is 0 Å². The molecule has 1 aliphatic heterocycles. The third kappa shape index (κ3) is 3.79. The molecule has 0 bridgehead atoms. The predicted octanol–water partition coefficient (Wildman–Crippen LogP) is 3.06. The maximum absolute atomic E-state index is 12.4. The van der Waals surface area contributed by atoms with E-state index < -0.39 is 10.8 Å². The Bertz CT molecular complexity index is 701. The van der Waals surface area contributed by atoms with Crippen LogP contribution in [0.25, 0.3) is 0 Å². The van der Waals surface area contributed by atoms with Gasteiger partial charge in [0.15, 0.2) is 0 Å². The molecule has 1 atom stereocenters. The SMILES string of the molecule is C[S@@](=O)c1ccc(NC(=O)N2CCc3ccccc3CC2)cc1. The van der Waals surface area contributed by atoms with Crippen molar-refractivity contribution in [1.82, 2.24) is 4.90 Å². The van der Waals surface area contributed by atoms with Gasteiger partial charge in [0.2, 0.25) is 0 Å². The summed E-state index contributed by atoms with van der Waals surface area (Å²) >= 11 is 0. The molecule has 0 saturated carbocycles. The number of anilines is 1. The van der Waals surface area contributed by atoms with Crippen molar-refractivity contribution in [2.45, 2.75) is 17.7 Å². The molecule has 0 aromatic heterocycles. The lowest BCUT2D eigenvalue weighted by Gasteiger charge is -2.20. The van der Waals surface area contributed by atoms with Gasteiger partial charge in [0.05, 0.1) is 0 Å². The lowest BCUT2D eigenvalue weighted by molar-refractivity contribution is 0.214. The minimum absolute atomic E-state index is 0.0804. The predicted molar refractivity (Wildman–Crippen MR) is 93.2 cm³/mol. The molecule has 0 saturated heterocycles. The molecule has 0 radical (unpaired) electrons. The van der Waals surface area contributed by atoms with Crippen LogP contribution in [-0.4, -0.2) is 34.5 Å². The van der Waals surface area contributed by atoms with Crippen LogP contribution in [-0.2, 0) is 23.6 Å². The fourth-order valence-corrected chi connectivity index (χ4v) is 3.32. The molecule has 2 aromatic rings. The van der Waals surface area contributed by atoms with E-state index in [1.165, 1.54) is 11.1 Å². The number of rotatable bonds is 2. The molecular weight excluding hydrogens is 308 g/mol. The highest BCUT2D eigenvalue weighted by Crippen LogP contribution is 2.17. The van der Waals surface area contributed by atoms with Crippen LogP contribution in [0.3, 0.4) is 0 Å². The van der Waals surface area contributed by atoms with Crippen LogP contribution in [0, 0.1) is 0 Å². The van der Waals surface area contributed by atoms with Crippen molar-refractivity contribution in [3.63, 3.8) is 0 Å². The van der Waals surface area contributed by atoms with E-state index in [0.717, 1.165) is 36.5 Å². The van der Waals surface area contributed by atoms with Gasteiger partial charge in [0, 0.05) is 40.7 Å². The molecule has 1 heterocycles. The summed E-state index contributed by atoms with van der Waals surface area (Å²) in [6.45, 7) is 1.44. The number of benzene rings is 2. The van der Waals surface area contributed by atoms with Gasteiger partial charge < -0.3 is 10.2 Å². The highest BCUT2D eigenvalue weighted by Gasteiger charge is 2.18. The molecular formula is C18H20N2O2S. The maximum Gasteiger partial charge on any atom is 0.321 e. The average molecular weight is 328 g/mol. The highest BCUT2D eigenvalue weighted by atomic mass is 32.2. The van der Waals surface area contributed by atoms with Gasteiger partial charge in [-0.3, -0.25) is 4.21 Å². The Morgan fingerprint density at radius 3 is 2.09 bits per heavy atom. The van der Waals surface area contributed by atoms with Crippen LogP contribution >= 0.6 is 0 Å². The minimum atomic E-state index is -1.00. The number of carbonyl (C=O) groups excluding carboxylic acids is 1. The Morgan fingerprint density at radius 2 is 1.57 bits per heavy atom. The lowest BCUT2D eigenvalue weighted by atomic mass is 10.0. The Kier molecular flexibility index (Phi) is 4.76. The first-order valence-corrected chi connectivity index (χ1v) is 9.25. The normalized spacial score (nSPS) is 15.4. The second-order valence-electron chi connectivity index (χ2n) is 5.66. The van der Waals surface area contributed by atoms with E-state index >= 15 is 0 Å².